The molecule has 2 heteroatoms. The van der Waals surface area contributed by atoms with Gasteiger partial charge < -0.3 is 4.90 Å². The van der Waals surface area contributed by atoms with Crippen molar-refractivity contribution < 1.29 is 0 Å². The topological polar surface area (TPSA) is 3.24 Å². The van der Waals surface area contributed by atoms with Crippen molar-refractivity contribution in [3.8, 4) is 22.3 Å². The van der Waals surface area contributed by atoms with Crippen molar-refractivity contribution in [2.45, 2.75) is 34.5 Å². The van der Waals surface area contributed by atoms with Crippen molar-refractivity contribution in [1.29, 1.82) is 0 Å². The van der Waals surface area contributed by atoms with Crippen LogP contribution in [0, 0.1) is 0 Å². The van der Waals surface area contributed by atoms with Gasteiger partial charge in [-0.15, -0.1) is 0 Å². The average Bonchev–Trinajstić information content (AvgIpc) is 3.44. The summed E-state index contributed by atoms with van der Waals surface area (Å²) in [6, 6.07) is 61.1. The van der Waals surface area contributed by atoms with Crippen LogP contribution in [0.3, 0.4) is 0 Å². The smallest absolute Gasteiger partial charge is 0.0719 e. The van der Waals surface area contributed by atoms with E-state index in [1.54, 1.807) is 0 Å². The van der Waals surface area contributed by atoms with Gasteiger partial charge in [0.05, 0.1) is 16.8 Å². The second-order valence-corrected chi connectivity index (χ2v) is 14.8. The molecule has 0 bridgehead atoms. The van der Waals surface area contributed by atoms with Gasteiger partial charge in [0.2, 0.25) is 0 Å². The Hall–Kier alpha value is -5.31. The first-order chi connectivity index (χ1) is 23.6. The number of rotatable bonds is 2. The zero-order chi connectivity index (χ0) is 32.0. The number of anilines is 3. The van der Waals surface area contributed by atoms with Gasteiger partial charge in [0, 0.05) is 20.9 Å². The van der Waals surface area contributed by atoms with Gasteiger partial charge >= 0.3 is 0 Å². The van der Waals surface area contributed by atoms with Crippen LogP contribution in [0.4, 0.5) is 17.1 Å². The fourth-order valence-corrected chi connectivity index (χ4v) is 9.87. The van der Waals surface area contributed by atoms with Crippen LogP contribution in [-0.2, 0) is 10.8 Å². The van der Waals surface area contributed by atoms with Gasteiger partial charge in [-0.3, -0.25) is 0 Å². The van der Waals surface area contributed by atoms with E-state index in [0.29, 0.717) is 0 Å². The molecule has 10 rings (SSSR count). The summed E-state index contributed by atoms with van der Waals surface area (Å²) < 4.78 is 0. The monoisotopic (exact) mass is 631 g/mol. The van der Waals surface area contributed by atoms with Crippen molar-refractivity contribution in [2.24, 2.45) is 0 Å². The molecule has 1 nitrogen and oxygen atoms in total. The summed E-state index contributed by atoms with van der Waals surface area (Å²) in [5.74, 6) is 0. The van der Waals surface area contributed by atoms with Gasteiger partial charge in [-0.05, 0) is 98.1 Å². The van der Waals surface area contributed by atoms with Gasteiger partial charge in [0.25, 0.3) is 0 Å². The molecular weight excluding hydrogens is 599 g/mol. The van der Waals surface area contributed by atoms with Crippen LogP contribution in [0.1, 0.15) is 47.2 Å². The second kappa shape index (κ2) is 10.1. The molecule has 2 aliphatic carbocycles. The Bertz CT molecular complexity index is 2330. The number of nitrogens with zero attached hydrogens (tertiary/aromatic N) is 1. The van der Waals surface area contributed by atoms with E-state index in [1.165, 1.54) is 82.5 Å². The first-order valence-corrected chi connectivity index (χ1v) is 17.6. The zero-order valence-corrected chi connectivity index (χ0v) is 27.8. The Morgan fingerprint density at radius 1 is 0.417 bits per heavy atom. The maximum Gasteiger partial charge on any atom is 0.0719 e. The molecule has 0 amide bonds. The van der Waals surface area contributed by atoms with Crippen LogP contribution in [0.25, 0.3) is 22.3 Å². The summed E-state index contributed by atoms with van der Waals surface area (Å²) in [5, 5.41) is 0. The number of benzene rings is 7. The van der Waals surface area contributed by atoms with Crippen LogP contribution < -0.4 is 4.90 Å². The highest BCUT2D eigenvalue weighted by Gasteiger charge is 2.53. The van der Waals surface area contributed by atoms with E-state index in [1.807, 2.05) is 11.8 Å². The third-order valence-electron chi connectivity index (χ3n) is 10.9. The summed E-state index contributed by atoms with van der Waals surface area (Å²) >= 11 is 1.85. The minimum absolute atomic E-state index is 0.168. The third-order valence-corrected chi connectivity index (χ3v) is 12.1. The molecule has 0 fully saturated rings. The van der Waals surface area contributed by atoms with Crippen molar-refractivity contribution in [1.82, 2.24) is 0 Å². The molecule has 0 saturated carbocycles. The van der Waals surface area contributed by atoms with Gasteiger partial charge in [0.1, 0.15) is 0 Å². The fourth-order valence-electron chi connectivity index (χ4n) is 8.81. The average molecular weight is 632 g/mol. The Morgan fingerprint density at radius 3 is 1.52 bits per heavy atom. The fraction of sp³-hybridized carbons (Fsp3) is 0.0870. The summed E-state index contributed by atoms with van der Waals surface area (Å²) in [5.41, 5.74) is 16.6. The molecule has 0 aromatic heterocycles. The van der Waals surface area contributed by atoms with Gasteiger partial charge in [0.15, 0.2) is 0 Å². The number of fused-ring (bicyclic) bond motifs is 11. The van der Waals surface area contributed by atoms with Crippen molar-refractivity contribution >= 4 is 28.8 Å². The lowest BCUT2D eigenvalue weighted by molar-refractivity contribution is 0.563. The standard InChI is InChI=1S/C46H33NS/c1-45(2)37-17-7-8-18-38(37)46(35-15-5-3-13-33(35)34-14-4-6-16-36(34)46)39-28-25-31(29-40(39)45)30-23-26-32(27-24-30)47-41-19-9-11-21-43(41)48-44-22-12-10-20-42(44)47/h3-29H,1-2H3. The summed E-state index contributed by atoms with van der Waals surface area (Å²) in [7, 11) is 0. The lowest BCUT2D eigenvalue weighted by Gasteiger charge is -2.46. The highest BCUT2D eigenvalue weighted by atomic mass is 32.2. The predicted molar refractivity (Wildman–Crippen MR) is 200 cm³/mol. The quantitative estimate of drug-likeness (QED) is 0.187. The summed E-state index contributed by atoms with van der Waals surface area (Å²) in [6.07, 6.45) is 0. The van der Waals surface area contributed by atoms with E-state index in [9.17, 15) is 0 Å². The molecule has 1 aliphatic heterocycles. The Morgan fingerprint density at radius 2 is 0.896 bits per heavy atom. The minimum Gasteiger partial charge on any atom is -0.308 e. The van der Waals surface area contributed by atoms with E-state index in [-0.39, 0.29) is 10.8 Å². The largest absolute Gasteiger partial charge is 0.308 e. The number of hydrogen-bond donors (Lipinski definition) is 0. The van der Waals surface area contributed by atoms with Gasteiger partial charge in [-0.1, -0.05) is 147 Å². The van der Waals surface area contributed by atoms with E-state index in [4.69, 9.17) is 0 Å². The molecule has 0 radical (unpaired) electrons. The Kier molecular flexibility index (Phi) is 5.84. The molecule has 0 N–H and O–H groups in total. The second-order valence-electron chi connectivity index (χ2n) is 13.7. The van der Waals surface area contributed by atoms with Crippen LogP contribution >= 0.6 is 11.8 Å². The Labute approximate surface area is 286 Å². The van der Waals surface area contributed by atoms with Gasteiger partial charge in [-0.25, -0.2) is 0 Å². The molecule has 228 valence electrons. The highest BCUT2D eigenvalue weighted by molar-refractivity contribution is 7.99. The van der Waals surface area contributed by atoms with E-state index >= 15 is 0 Å². The third kappa shape index (κ3) is 3.64. The van der Waals surface area contributed by atoms with Crippen molar-refractivity contribution in [2.75, 3.05) is 4.90 Å². The van der Waals surface area contributed by atoms with Crippen LogP contribution in [0.15, 0.2) is 174 Å². The molecular formula is C46H33NS. The molecule has 1 spiro atoms. The maximum atomic E-state index is 2.48. The number of para-hydroxylation sites is 2. The molecule has 0 unspecified atom stereocenters. The molecule has 7 aromatic carbocycles. The predicted octanol–water partition coefficient (Wildman–Crippen LogP) is 12.3. The summed E-state index contributed by atoms with van der Waals surface area (Å²) in [4.78, 5) is 4.96. The van der Waals surface area contributed by atoms with E-state index in [0.717, 1.165) is 0 Å². The Balaban J connectivity index is 1.14. The van der Waals surface area contributed by atoms with Crippen LogP contribution in [0.5, 0.6) is 0 Å². The summed E-state index contributed by atoms with van der Waals surface area (Å²) in [6.45, 7) is 4.81. The highest BCUT2D eigenvalue weighted by Crippen LogP contribution is 2.62. The number of hydrogen-bond acceptors (Lipinski definition) is 2. The van der Waals surface area contributed by atoms with Crippen LogP contribution in [0.2, 0.25) is 0 Å². The van der Waals surface area contributed by atoms with Crippen molar-refractivity contribution in [3.63, 3.8) is 0 Å². The molecule has 48 heavy (non-hydrogen) atoms. The molecule has 3 aliphatic rings. The van der Waals surface area contributed by atoms with E-state index < -0.39 is 0 Å². The molecule has 7 aromatic rings. The normalized spacial score (nSPS) is 15.5. The van der Waals surface area contributed by atoms with Gasteiger partial charge in [-0.2, -0.15) is 0 Å². The van der Waals surface area contributed by atoms with E-state index in [2.05, 4.69) is 183 Å². The molecule has 0 saturated heterocycles. The SMILES string of the molecule is CC1(C)c2ccccc2C2(c3ccccc3-c3ccccc32)c2ccc(-c3ccc(N4c5ccccc5Sc5ccccc54)cc3)cc21. The van der Waals surface area contributed by atoms with Crippen molar-refractivity contribution in [3.05, 3.63) is 197 Å². The molecule has 0 atom stereocenters. The minimum atomic E-state index is -0.357. The first kappa shape index (κ1) is 27.8. The first-order valence-electron chi connectivity index (χ1n) is 16.8. The molecule has 1 heterocycles. The maximum absolute atomic E-state index is 2.48. The van der Waals surface area contributed by atoms with Crippen LogP contribution in [-0.4, -0.2) is 0 Å². The lowest BCUT2D eigenvalue weighted by Crippen LogP contribution is -2.40. The lowest BCUT2D eigenvalue weighted by atomic mass is 9.55. The zero-order valence-electron chi connectivity index (χ0n) is 26.9.